The molecule has 1 aromatic carbocycles. The lowest BCUT2D eigenvalue weighted by Gasteiger charge is -2.20. The Morgan fingerprint density at radius 1 is 1.22 bits per heavy atom. The molecule has 1 aromatic rings. The molecule has 1 rings (SSSR count). The fraction of sp³-hybridized carbons (Fsp3) is 0.462. The zero-order valence-electron chi connectivity index (χ0n) is 11.1. The molecule has 0 fully saturated rings. The lowest BCUT2D eigenvalue weighted by atomic mass is 10.1. The number of carbonyl (C=O) groups is 1. The van der Waals surface area contributed by atoms with Crippen LogP contribution in [0.4, 0.5) is 19.3 Å². The summed E-state index contributed by atoms with van der Waals surface area (Å²) in [6.07, 6.45) is -0.816. The van der Waals surface area contributed by atoms with E-state index in [1.165, 1.54) is 13.0 Å². The van der Waals surface area contributed by atoms with Crippen molar-refractivity contribution in [1.82, 2.24) is 0 Å². The third kappa shape index (κ3) is 3.42. The van der Waals surface area contributed by atoms with Gasteiger partial charge >= 0.3 is 6.09 Å². The van der Waals surface area contributed by atoms with Crippen molar-refractivity contribution < 1.29 is 18.3 Å². The van der Waals surface area contributed by atoms with Crippen LogP contribution in [0.1, 0.15) is 31.9 Å². The molecular formula is C13H17F2NO2. The fourth-order valence-corrected chi connectivity index (χ4v) is 1.35. The van der Waals surface area contributed by atoms with Crippen LogP contribution in [0.15, 0.2) is 6.07 Å². The number of anilines is 1. The van der Waals surface area contributed by atoms with Gasteiger partial charge < -0.3 is 4.74 Å². The van der Waals surface area contributed by atoms with Gasteiger partial charge in [-0.25, -0.2) is 13.6 Å². The summed E-state index contributed by atoms with van der Waals surface area (Å²) in [5.41, 5.74) is -0.134. The van der Waals surface area contributed by atoms with Gasteiger partial charge in [-0.2, -0.15) is 0 Å². The Morgan fingerprint density at radius 3 is 2.28 bits per heavy atom. The van der Waals surface area contributed by atoms with Crippen molar-refractivity contribution in [2.24, 2.45) is 0 Å². The molecule has 3 nitrogen and oxygen atoms in total. The first-order valence-electron chi connectivity index (χ1n) is 5.57. The van der Waals surface area contributed by atoms with Crippen molar-refractivity contribution in [1.29, 1.82) is 0 Å². The van der Waals surface area contributed by atoms with E-state index in [2.05, 4.69) is 5.32 Å². The molecule has 0 aliphatic rings. The average molecular weight is 257 g/mol. The third-order valence-electron chi connectivity index (χ3n) is 2.35. The van der Waals surface area contributed by atoms with Gasteiger partial charge in [0.1, 0.15) is 5.60 Å². The zero-order valence-corrected chi connectivity index (χ0v) is 11.1. The molecule has 0 radical (unpaired) electrons. The first-order valence-corrected chi connectivity index (χ1v) is 5.57. The highest BCUT2D eigenvalue weighted by Crippen LogP contribution is 2.24. The smallest absolute Gasteiger partial charge is 0.412 e. The quantitative estimate of drug-likeness (QED) is 0.827. The van der Waals surface area contributed by atoms with Crippen LogP contribution in [0.3, 0.4) is 0 Å². The predicted octanol–water partition coefficient (Wildman–Crippen LogP) is 3.93. The SMILES string of the molecule is Cc1cc(NC(=O)OC(C)(C)C)c(F)c(F)c1C. The van der Waals surface area contributed by atoms with Crippen molar-refractivity contribution in [3.63, 3.8) is 0 Å². The number of amides is 1. The minimum absolute atomic E-state index is 0.218. The van der Waals surface area contributed by atoms with Gasteiger partial charge in [0.2, 0.25) is 0 Å². The number of carbonyl (C=O) groups excluding carboxylic acids is 1. The van der Waals surface area contributed by atoms with Crippen LogP contribution in [-0.4, -0.2) is 11.7 Å². The van der Waals surface area contributed by atoms with Crippen LogP contribution in [0, 0.1) is 25.5 Å². The highest BCUT2D eigenvalue weighted by Gasteiger charge is 2.19. The standard InChI is InChI=1S/C13H17F2NO2/c1-7-6-9(11(15)10(14)8(7)2)16-12(17)18-13(3,4)5/h6H,1-5H3,(H,16,17). The van der Waals surface area contributed by atoms with E-state index in [1.807, 2.05) is 0 Å². The van der Waals surface area contributed by atoms with Crippen molar-refractivity contribution in [3.05, 3.63) is 28.8 Å². The first kappa shape index (κ1) is 14.4. The van der Waals surface area contributed by atoms with Gasteiger partial charge in [-0.15, -0.1) is 0 Å². The summed E-state index contributed by atoms with van der Waals surface area (Å²) in [6, 6.07) is 1.37. The second kappa shape index (κ2) is 4.92. The van der Waals surface area contributed by atoms with E-state index in [0.717, 1.165) is 0 Å². The van der Waals surface area contributed by atoms with E-state index in [-0.39, 0.29) is 11.3 Å². The molecule has 0 saturated carbocycles. The minimum Gasteiger partial charge on any atom is -0.444 e. The van der Waals surface area contributed by atoms with Crippen molar-refractivity contribution >= 4 is 11.8 Å². The van der Waals surface area contributed by atoms with Gasteiger partial charge in [-0.3, -0.25) is 5.32 Å². The molecule has 0 spiro atoms. The van der Waals surface area contributed by atoms with E-state index in [4.69, 9.17) is 4.74 Å². The minimum atomic E-state index is -1.08. The molecule has 5 heteroatoms. The summed E-state index contributed by atoms with van der Waals surface area (Å²) < 4.78 is 32.0. The topological polar surface area (TPSA) is 38.3 Å². The molecular weight excluding hydrogens is 240 g/mol. The predicted molar refractivity (Wildman–Crippen MR) is 65.7 cm³/mol. The van der Waals surface area contributed by atoms with Gasteiger partial charge in [0, 0.05) is 0 Å². The van der Waals surface area contributed by atoms with Crippen LogP contribution in [0.5, 0.6) is 0 Å². The number of rotatable bonds is 1. The Kier molecular flexibility index (Phi) is 3.94. The molecule has 1 amide bonds. The number of aryl methyl sites for hydroxylation is 1. The monoisotopic (exact) mass is 257 g/mol. The first-order chi connectivity index (χ1) is 8.11. The van der Waals surface area contributed by atoms with Crippen LogP contribution >= 0.6 is 0 Å². The number of halogens is 2. The maximum Gasteiger partial charge on any atom is 0.412 e. The van der Waals surface area contributed by atoms with E-state index < -0.39 is 23.3 Å². The fourth-order valence-electron chi connectivity index (χ4n) is 1.35. The molecule has 100 valence electrons. The number of nitrogens with one attached hydrogen (secondary N) is 1. The summed E-state index contributed by atoms with van der Waals surface area (Å²) in [5, 5.41) is 2.20. The molecule has 0 atom stereocenters. The van der Waals surface area contributed by atoms with E-state index in [1.54, 1.807) is 27.7 Å². The highest BCUT2D eigenvalue weighted by atomic mass is 19.2. The van der Waals surface area contributed by atoms with Gasteiger partial charge in [0.05, 0.1) is 5.69 Å². The van der Waals surface area contributed by atoms with Crippen LogP contribution < -0.4 is 5.32 Å². The Balaban J connectivity index is 2.96. The molecule has 18 heavy (non-hydrogen) atoms. The number of ether oxygens (including phenoxy) is 1. The maximum atomic E-state index is 13.6. The van der Waals surface area contributed by atoms with Crippen LogP contribution in [0.2, 0.25) is 0 Å². The van der Waals surface area contributed by atoms with E-state index >= 15 is 0 Å². The summed E-state index contributed by atoms with van der Waals surface area (Å²) in [7, 11) is 0. The Hall–Kier alpha value is -1.65. The summed E-state index contributed by atoms with van der Waals surface area (Å²) in [6.45, 7) is 8.17. The lowest BCUT2D eigenvalue weighted by Crippen LogP contribution is -2.27. The van der Waals surface area contributed by atoms with Crippen molar-refractivity contribution in [2.45, 2.75) is 40.2 Å². The third-order valence-corrected chi connectivity index (χ3v) is 2.35. The summed E-state index contributed by atoms with van der Waals surface area (Å²) in [5.74, 6) is -2.04. The van der Waals surface area contributed by atoms with E-state index in [0.29, 0.717) is 5.56 Å². The zero-order chi connectivity index (χ0) is 14.1. The van der Waals surface area contributed by atoms with Gasteiger partial charge in [-0.05, 0) is 51.8 Å². The average Bonchev–Trinajstić information content (AvgIpc) is 2.20. The van der Waals surface area contributed by atoms with E-state index in [9.17, 15) is 13.6 Å². The number of hydrogen-bond acceptors (Lipinski definition) is 2. The summed E-state index contributed by atoms with van der Waals surface area (Å²) >= 11 is 0. The Labute approximate surface area is 105 Å². The van der Waals surface area contributed by atoms with Crippen molar-refractivity contribution in [2.75, 3.05) is 5.32 Å². The largest absolute Gasteiger partial charge is 0.444 e. The molecule has 0 unspecified atom stereocenters. The molecule has 0 aliphatic heterocycles. The molecule has 0 bridgehead atoms. The highest BCUT2D eigenvalue weighted by molar-refractivity contribution is 5.85. The molecule has 0 aliphatic carbocycles. The van der Waals surface area contributed by atoms with Crippen LogP contribution in [-0.2, 0) is 4.74 Å². The Morgan fingerprint density at radius 2 is 1.78 bits per heavy atom. The number of hydrogen-bond donors (Lipinski definition) is 1. The molecule has 1 N–H and O–H groups in total. The molecule has 0 heterocycles. The normalized spacial score (nSPS) is 11.3. The molecule has 0 aromatic heterocycles. The second-order valence-electron chi connectivity index (χ2n) is 5.12. The summed E-state index contributed by atoms with van der Waals surface area (Å²) in [4.78, 5) is 11.5. The Bertz CT molecular complexity index is 479. The van der Waals surface area contributed by atoms with Gasteiger partial charge in [0.25, 0.3) is 0 Å². The maximum absolute atomic E-state index is 13.6. The second-order valence-corrected chi connectivity index (χ2v) is 5.12. The number of benzene rings is 1. The van der Waals surface area contributed by atoms with Gasteiger partial charge in [0.15, 0.2) is 11.6 Å². The van der Waals surface area contributed by atoms with Crippen LogP contribution in [0.25, 0.3) is 0 Å². The molecule has 0 saturated heterocycles. The lowest BCUT2D eigenvalue weighted by molar-refractivity contribution is 0.0635. The van der Waals surface area contributed by atoms with Crippen molar-refractivity contribution in [3.8, 4) is 0 Å². The van der Waals surface area contributed by atoms with Gasteiger partial charge in [-0.1, -0.05) is 0 Å².